The van der Waals surface area contributed by atoms with E-state index < -0.39 is 5.91 Å². The first kappa shape index (κ1) is 22.3. The van der Waals surface area contributed by atoms with Crippen molar-refractivity contribution in [1.29, 1.82) is 5.26 Å². The standard InChI is InChI=1S/C26H23BrN2O2/c1-17-6-4-5-7-24(17)29-26(30)22(15-28)14-21-12-18(2)25(19(3)13-21)31-16-20-8-10-23(27)11-9-20/h4-14H,16H2,1-3H3,(H,29,30)/b22-14+. The summed E-state index contributed by atoms with van der Waals surface area (Å²) >= 11 is 3.43. The monoisotopic (exact) mass is 474 g/mol. The summed E-state index contributed by atoms with van der Waals surface area (Å²) in [6.07, 6.45) is 1.60. The predicted molar refractivity (Wildman–Crippen MR) is 128 cm³/mol. The van der Waals surface area contributed by atoms with Gasteiger partial charge in [0.1, 0.15) is 24.0 Å². The number of anilines is 1. The third-order valence-corrected chi connectivity index (χ3v) is 5.38. The van der Waals surface area contributed by atoms with Crippen molar-refractivity contribution < 1.29 is 9.53 Å². The van der Waals surface area contributed by atoms with Gasteiger partial charge in [0.2, 0.25) is 0 Å². The Balaban J connectivity index is 1.78. The maximum atomic E-state index is 12.6. The van der Waals surface area contributed by atoms with Gasteiger partial charge in [-0.3, -0.25) is 4.79 Å². The van der Waals surface area contributed by atoms with Gasteiger partial charge < -0.3 is 10.1 Å². The van der Waals surface area contributed by atoms with Crippen molar-refractivity contribution in [1.82, 2.24) is 0 Å². The SMILES string of the molecule is Cc1ccccc1NC(=O)/C(C#N)=C/c1cc(C)c(OCc2ccc(Br)cc2)c(C)c1. The molecule has 156 valence electrons. The third-order valence-electron chi connectivity index (χ3n) is 4.85. The molecule has 0 heterocycles. The molecule has 5 heteroatoms. The number of benzene rings is 3. The number of halogens is 1. The Bertz CT molecular complexity index is 1150. The Morgan fingerprint density at radius 3 is 2.29 bits per heavy atom. The number of nitriles is 1. The van der Waals surface area contributed by atoms with Gasteiger partial charge in [0.15, 0.2) is 0 Å². The number of hydrogen-bond acceptors (Lipinski definition) is 3. The second kappa shape index (κ2) is 10.1. The van der Waals surface area contributed by atoms with Crippen LogP contribution in [0.15, 0.2) is 70.7 Å². The van der Waals surface area contributed by atoms with Gasteiger partial charge in [0.25, 0.3) is 5.91 Å². The Hall–Kier alpha value is -3.36. The normalized spacial score (nSPS) is 11.0. The molecule has 1 amide bonds. The molecule has 0 spiro atoms. The number of carbonyl (C=O) groups is 1. The minimum Gasteiger partial charge on any atom is -0.488 e. The molecule has 0 radical (unpaired) electrons. The number of nitrogens with one attached hydrogen (secondary N) is 1. The molecule has 0 aliphatic rings. The first-order valence-corrected chi connectivity index (χ1v) is 10.6. The van der Waals surface area contributed by atoms with Crippen molar-refractivity contribution in [3.8, 4) is 11.8 Å². The van der Waals surface area contributed by atoms with Gasteiger partial charge in [-0.05, 0) is 85.0 Å². The van der Waals surface area contributed by atoms with Gasteiger partial charge in [-0.2, -0.15) is 5.26 Å². The average molecular weight is 475 g/mol. The molecule has 0 aromatic heterocycles. The fourth-order valence-corrected chi connectivity index (χ4v) is 3.51. The van der Waals surface area contributed by atoms with Crippen LogP contribution in [-0.4, -0.2) is 5.91 Å². The van der Waals surface area contributed by atoms with E-state index in [1.165, 1.54) is 0 Å². The minimum atomic E-state index is -0.428. The Morgan fingerprint density at radius 2 is 1.68 bits per heavy atom. The maximum absolute atomic E-state index is 12.6. The fraction of sp³-hybridized carbons (Fsp3) is 0.154. The second-order valence-electron chi connectivity index (χ2n) is 7.34. The fourth-order valence-electron chi connectivity index (χ4n) is 3.25. The summed E-state index contributed by atoms with van der Waals surface area (Å²) in [6, 6.07) is 21.3. The molecule has 3 aromatic rings. The van der Waals surface area contributed by atoms with E-state index in [1.54, 1.807) is 6.08 Å². The van der Waals surface area contributed by atoms with Crippen molar-refractivity contribution in [2.24, 2.45) is 0 Å². The highest BCUT2D eigenvalue weighted by Crippen LogP contribution is 2.27. The molecule has 1 N–H and O–H groups in total. The van der Waals surface area contributed by atoms with Crippen molar-refractivity contribution in [2.75, 3.05) is 5.32 Å². The molecule has 3 rings (SSSR count). The lowest BCUT2D eigenvalue weighted by Crippen LogP contribution is -2.14. The molecule has 0 bridgehead atoms. The van der Waals surface area contributed by atoms with E-state index in [2.05, 4.69) is 21.2 Å². The van der Waals surface area contributed by atoms with Crippen LogP contribution in [0.2, 0.25) is 0 Å². The highest BCUT2D eigenvalue weighted by Gasteiger charge is 2.12. The quantitative estimate of drug-likeness (QED) is 0.327. The van der Waals surface area contributed by atoms with E-state index >= 15 is 0 Å². The Kier molecular flexibility index (Phi) is 7.28. The zero-order valence-electron chi connectivity index (χ0n) is 17.7. The van der Waals surface area contributed by atoms with Crippen LogP contribution >= 0.6 is 15.9 Å². The maximum Gasteiger partial charge on any atom is 0.266 e. The second-order valence-corrected chi connectivity index (χ2v) is 8.25. The van der Waals surface area contributed by atoms with Crippen LogP contribution in [0.1, 0.15) is 27.8 Å². The van der Waals surface area contributed by atoms with Crippen LogP contribution < -0.4 is 10.1 Å². The van der Waals surface area contributed by atoms with E-state index in [9.17, 15) is 10.1 Å². The van der Waals surface area contributed by atoms with Crippen molar-refractivity contribution in [2.45, 2.75) is 27.4 Å². The molecule has 0 aliphatic heterocycles. The molecule has 31 heavy (non-hydrogen) atoms. The average Bonchev–Trinajstić information content (AvgIpc) is 2.74. The molecule has 0 fully saturated rings. The van der Waals surface area contributed by atoms with Gasteiger partial charge in [0, 0.05) is 10.2 Å². The zero-order chi connectivity index (χ0) is 22.4. The largest absolute Gasteiger partial charge is 0.488 e. The van der Waals surface area contributed by atoms with Crippen LogP contribution in [0, 0.1) is 32.1 Å². The number of nitrogens with zero attached hydrogens (tertiary/aromatic N) is 1. The molecular weight excluding hydrogens is 452 g/mol. The predicted octanol–water partition coefficient (Wildman–Crippen LogP) is 6.50. The van der Waals surface area contributed by atoms with Crippen molar-refractivity contribution in [3.05, 3.63) is 98.5 Å². The van der Waals surface area contributed by atoms with Crippen LogP contribution in [-0.2, 0) is 11.4 Å². The molecule has 3 aromatic carbocycles. The third kappa shape index (κ3) is 5.84. The summed E-state index contributed by atoms with van der Waals surface area (Å²) in [4.78, 5) is 12.6. The molecule has 4 nitrogen and oxygen atoms in total. The number of amides is 1. The number of hydrogen-bond donors (Lipinski definition) is 1. The summed E-state index contributed by atoms with van der Waals surface area (Å²) in [5, 5.41) is 12.3. The van der Waals surface area contributed by atoms with Gasteiger partial charge in [-0.1, -0.05) is 46.3 Å². The van der Waals surface area contributed by atoms with Crippen molar-refractivity contribution in [3.63, 3.8) is 0 Å². The molecule has 0 saturated heterocycles. The summed E-state index contributed by atoms with van der Waals surface area (Å²) in [6.45, 7) is 6.29. The van der Waals surface area contributed by atoms with E-state index in [4.69, 9.17) is 4.74 Å². The Labute approximate surface area is 191 Å². The lowest BCUT2D eigenvalue weighted by atomic mass is 10.0. The molecule has 0 atom stereocenters. The molecule has 0 saturated carbocycles. The van der Waals surface area contributed by atoms with Gasteiger partial charge >= 0.3 is 0 Å². The van der Waals surface area contributed by atoms with Gasteiger partial charge in [0.05, 0.1) is 0 Å². The number of para-hydroxylation sites is 1. The topological polar surface area (TPSA) is 62.1 Å². The summed E-state index contributed by atoms with van der Waals surface area (Å²) in [5.74, 6) is 0.380. The number of ether oxygens (including phenoxy) is 1. The minimum absolute atomic E-state index is 0.0468. The summed E-state index contributed by atoms with van der Waals surface area (Å²) < 4.78 is 7.07. The van der Waals surface area contributed by atoms with Crippen LogP contribution in [0.25, 0.3) is 6.08 Å². The number of rotatable bonds is 6. The highest BCUT2D eigenvalue weighted by molar-refractivity contribution is 9.10. The molecular formula is C26H23BrN2O2. The first-order chi connectivity index (χ1) is 14.9. The van der Waals surface area contributed by atoms with E-state index in [0.717, 1.165) is 38.0 Å². The van der Waals surface area contributed by atoms with E-state index in [0.29, 0.717) is 12.3 Å². The zero-order valence-corrected chi connectivity index (χ0v) is 19.3. The smallest absolute Gasteiger partial charge is 0.266 e. The molecule has 0 aliphatic carbocycles. The van der Waals surface area contributed by atoms with Gasteiger partial charge in [-0.15, -0.1) is 0 Å². The van der Waals surface area contributed by atoms with E-state index in [-0.39, 0.29) is 5.57 Å². The number of aryl methyl sites for hydroxylation is 3. The number of carbonyl (C=O) groups excluding carboxylic acids is 1. The highest BCUT2D eigenvalue weighted by atomic mass is 79.9. The summed E-state index contributed by atoms with van der Waals surface area (Å²) in [7, 11) is 0. The van der Waals surface area contributed by atoms with Crippen LogP contribution in [0.3, 0.4) is 0 Å². The molecule has 0 unspecified atom stereocenters. The van der Waals surface area contributed by atoms with Crippen LogP contribution in [0.4, 0.5) is 5.69 Å². The first-order valence-electron chi connectivity index (χ1n) is 9.84. The lowest BCUT2D eigenvalue weighted by molar-refractivity contribution is -0.112. The van der Waals surface area contributed by atoms with Crippen molar-refractivity contribution >= 4 is 33.6 Å². The van der Waals surface area contributed by atoms with E-state index in [1.807, 2.05) is 87.5 Å². The van der Waals surface area contributed by atoms with Crippen LogP contribution in [0.5, 0.6) is 5.75 Å². The lowest BCUT2D eigenvalue weighted by Gasteiger charge is -2.14. The Morgan fingerprint density at radius 1 is 1.03 bits per heavy atom. The van der Waals surface area contributed by atoms with Gasteiger partial charge in [-0.25, -0.2) is 0 Å². The summed E-state index contributed by atoms with van der Waals surface area (Å²) in [5.41, 5.74) is 5.42.